The highest BCUT2D eigenvalue weighted by atomic mass is 19.2. The van der Waals surface area contributed by atoms with Gasteiger partial charge in [0.1, 0.15) is 17.4 Å². The maximum Gasteiger partial charge on any atom is 0.253 e. The number of imidazole rings is 1. The molecule has 1 amide bonds. The van der Waals surface area contributed by atoms with Crippen molar-refractivity contribution in [2.75, 3.05) is 13.1 Å². The van der Waals surface area contributed by atoms with E-state index in [1.54, 1.807) is 18.0 Å². The highest BCUT2D eigenvalue weighted by molar-refractivity contribution is 5.98. The fourth-order valence-electron chi connectivity index (χ4n) is 4.52. The second-order valence-corrected chi connectivity index (χ2v) is 8.64. The van der Waals surface area contributed by atoms with Gasteiger partial charge in [0.15, 0.2) is 11.6 Å². The Hall–Kier alpha value is -4.16. The molecule has 1 saturated heterocycles. The number of hydrogen-bond acceptors (Lipinski definition) is 4. The first-order valence-corrected chi connectivity index (χ1v) is 11.0. The summed E-state index contributed by atoms with van der Waals surface area (Å²) in [6.07, 6.45) is 2.07. The van der Waals surface area contributed by atoms with Crippen molar-refractivity contribution < 1.29 is 18.0 Å². The molecule has 1 atom stereocenters. The van der Waals surface area contributed by atoms with Crippen molar-refractivity contribution in [3.63, 3.8) is 0 Å². The molecule has 0 unspecified atom stereocenters. The summed E-state index contributed by atoms with van der Waals surface area (Å²) in [7, 11) is 1.56. The van der Waals surface area contributed by atoms with Crippen LogP contribution < -0.4 is 5.73 Å². The van der Waals surface area contributed by atoms with Crippen LogP contribution in [0.2, 0.25) is 0 Å². The normalized spacial score (nSPS) is 15.5. The van der Waals surface area contributed by atoms with E-state index in [1.165, 1.54) is 47.3 Å². The summed E-state index contributed by atoms with van der Waals surface area (Å²) in [5, 5.41) is 9.09. The molecule has 0 radical (unpaired) electrons. The lowest BCUT2D eigenvalue weighted by Crippen LogP contribution is -2.31. The van der Waals surface area contributed by atoms with E-state index in [4.69, 9.17) is 11.0 Å². The van der Waals surface area contributed by atoms with Gasteiger partial charge in [0.05, 0.1) is 17.4 Å². The first-order chi connectivity index (χ1) is 16.8. The summed E-state index contributed by atoms with van der Waals surface area (Å²) in [5.41, 5.74) is 7.18. The van der Waals surface area contributed by atoms with Crippen LogP contribution >= 0.6 is 0 Å². The molecule has 0 aliphatic carbocycles. The van der Waals surface area contributed by atoms with Crippen LogP contribution in [0.4, 0.5) is 13.2 Å². The van der Waals surface area contributed by atoms with Gasteiger partial charge in [0.25, 0.3) is 5.91 Å². The van der Waals surface area contributed by atoms with Crippen LogP contribution in [0.3, 0.4) is 0 Å². The van der Waals surface area contributed by atoms with Gasteiger partial charge >= 0.3 is 0 Å². The Morgan fingerprint density at radius 3 is 2.57 bits per heavy atom. The highest BCUT2D eigenvalue weighted by Crippen LogP contribution is 2.38. The van der Waals surface area contributed by atoms with Crippen molar-refractivity contribution in [3.8, 4) is 28.3 Å². The van der Waals surface area contributed by atoms with Crippen molar-refractivity contribution in [3.05, 3.63) is 77.4 Å². The Kier molecular flexibility index (Phi) is 5.53. The third kappa shape index (κ3) is 3.82. The van der Waals surface area contributed by atoms with E-state index in [9.17, 15) is 13.6 Å². The van der Waals surface area contributed by atoms with Gasteiger partial charge < -0.3 is 15.2 Å². The van der Waals surface area contributed by atoms with Gasteiger partial charge in [-0.3, -0.25) is 4.79 Å². The molecule has 5 rings (SSSR count). The molecule has 2 heterocycles. The minimum Gasteiger partial charge on any atom is -0.337 e. The van der Waals surface area contributed by atoms with Crippen LogP contribution in [0.25, 0.3) is 33.3 Å². The number of nitriles is 1. The number of likely N-dealkylation sites (tertiary alicyclic amines) is 1. The zero-order valence-corrected chi connectivity index (χ0v) is 18.7. The number of carbonyl (C=O) groups is 1. The third-order valence-electron chi connectivity index (χ3n) is 6.35. The van der Waals surface area contributed by atoms with E-state index < -0.39 is 17.5 Å². The second kappa shape index (κ2) is 8.56. The lowest BCUT2D eigenvalue weighted by Gasteiger charge is -2.18. The molecule has 4 aromatic rings. The Morgan fingerprint density at radius 1 is 1.09 bits per heavy atom. The molecular weight excluding hydrogens is 455 g/mol. The molecule has 1 aromatic heterocycles. The van der Waals surface area contributed by atoms with Gasteiger partial charge in [0, 0.05) is 37.3 Å². The quantitative estimate of drug-likeness (QED) is 0.477. The summed E-state index contributed by atoms with van der Waals surface area (Å²) in [4.78, 5) is 18.9. The molecule has 35 heavy (non-hydrogen) atoms. The number of fused-ring (bicyclic) bond motifs is 1. The summed E-state index contributed by atoms with van der Waals surface area (Å²) in [6, 6.07) is 11.6. The van der Waals surface area contributed by atoms with Crippen molar-refractivity contribution in [2.45, 2.75) is 12.5 Å². The SMILES string of the molecule is Cn1cnc2cc(-c3ccc(C(=O)N4CC[C@H](N)C4)cc3-c3ccc(C#N)c(F)c3)c(F)c(F)c21. The first-order valence-electron chi connectivity index (χ1n) is 11.0. The Labute approximate surface area is 199 Å². The maximum absolute atomic E-state index is 15.3. The molecule has 6 nitrogen and oxygen atoms in total. The zero-order valence-electron chi connectivity index (χ0n) is 18.7. The number of carbonyl (C=O) groups excluding carboxylic acids is 1. The van der Waals surface area contributed by atoms with Gasteiger partial charge in [-0.25, -0.2) is 18.2 Å². The standard InChI is InChI=1S/C26H20F3N5O/c1-33-13-32-22-10-20(23(28)24(29)25(22)33)18-5-4-15(26(35)34-7-6-17(31)12-34)8-19(18)14-2-3-16(11-30)21(27)9-14/h2-5,8-10,13,17H,6-7,12,31H2,1H3/t17-/m0/s1. The second-order valence-electron chi connectivity index (χ2n) is 8.64. The van der Waals surface area contributed by atoms with Gasteiger partial charge in [-0.2, -0.15) is 5.26 Å². The molecule has 3 aromatic carbocycles. The van der Waals surface area contributed by atoms with Gasteiger partial charge in [-0.05, 0) is 53.4 Å². The van der Waals surface area contributed by atoms with Gasteiger partial charge in [0.2, 0.25) is 0 Å². The van der Waals surface area contributed by atoms with Crippen molar-refractivity contribution in [1.29, 1.82) is 5.26 Å². The Balaban J connectivity index is 1.71. The number of aromatic nitrogens is 2. The van der Waals surface area contributed by atoms with Crippen LogP contribution in [0.1, 0.15) is 22.3 Å². The fourth-order valence-corrected chi connectivity index (χ4v) is 4.52. The molecule has 1 aliphatic heterocycles. The van der Waals surface area contributed by atoms with Crippen molar-refractivity contribution in [2.24, 2.45) is 12.8 Å². The molecule has 1 fully saturated rings. The number of halogens is 3. The number of nitrogens with two attached hydrogens (primary N) is 1. The number of amides is 1. The Morgan fingerprint density at radius 2 is 1.89 bits per heavy atom. The van der Waals surface area contributed by atoms with Crippen LogP contribution in [-0.4, -0.2) is 39.5 Å². The number of aryl methyl sites for hydroxylation is 1. The number of hydrogen-bond donors (Lipinski definition) is 1. The lowest BCUT2D eigenvalue weighted by atomic mass is 9.91. The van der Waals surface area contributed by atoms with Crippen LogP contribution in [0.5, 0.6) is 0 Å². The molecule has 176 valence electrons. The molecule has 0 spiro atoms. The van der Waals surface area contributed by atoms with E-state index in [-0.39, 0.29) is 39.7 Å². The molecule has 0 saturated carbocycles. The average Bonchev–Trinajstić information content (AvgIpc) is 3.46. The summed E-state index contributed by atoms with van der Waals surface area (Å²) < 4.78 is 46.2. The van der Waals surface area contributed by atoms with E-state index in [2.05, 4.69) is 4.98 Å². The predicted octanol–water partition coefficient (Wildman–Crippen LogP) is 4.37. The number of nitrogens with zero attached hydrogens (tertiary/aromatic N) is 4. The highest BCUT2D eigenvalue weighted by Gasteiger charge is 2.26. The monoisotopic (exact) mass is 475 g/mol. The van der Waals surface area contributed by atoms with E-state index in [1.807, 2.05) is 0 Å². The fraction of sp³-hybridized carbons (Fsp3) is 0.192. The van der Waals surface area contributed by atoms with Crippen molar-refractivity contribution in [1.82, 2.24) is 14.5 Å². The average molecular weight is 475 g/mol. The molecule has 0 bridgehead atoms. The molecular formula is C26H20F3N5O. The maximum atomic E-state index is 15.3. The van der Waals surface area contributed by atoms with Crippen LogP contribution in [0, 0.1) is 28.8 Å². The molecule has 2 N–H and O–H groups in total. The lowest BCUT2D eigenvalue weighted by molar-refractivity contribution is 0.0791. The van der Waals surface area contributed by atoms with Crippen LogP contribution in [-0.2, 0) is 7.05 Å². The first kappa shape index (κ1) is 22.6. The number of benzene rings is 3. The summed E-state index contributed by atoms with van der Waals surface area (Å²) in [5.74, 6) is -3.15. The van der Waals surface area contributed by atoms with Crippen LogP contribution in [0.15, 0.2) is 48.8 Å². The summed E-state index contributed by atoms with van der Waals surface area (Å²) in [6.45, 7) is 0.927. The van der Waals surface area contributed by atoms with Gasteiger partial charge in [-0.15, -0.1) is 0 Å². The Bertz CT molecular complexity index is 1540. The topological polar surface area (TPSA) is 87.9 Å². The zero-order chi connectivity index (χ0) is 24.9. The molecule has 9 heteroatoms. The minimum atomic E-state index is -1.08. The van der Waals surface area contributed by atoms with E-state index in [0.717, 1.165) is 6.07 Å². The van der Waals surface area contributed by atoms with E-state index >= 15 is 4.39 Å². The largest absolute Gasteiger partial charge is 0.337 e. The predicted molar refractivity (Wildman–Crippen MR) is 125 cm³/mol. The van der Waals surface area contributed by atoms with E-state index in [0.29, 0.717) is 36.2 Å². The minimum absolute atomic E-state index is 0.0226. The smallest absolute Gasteiger partial charge is 0.253 e. The third-order valence-corrected chi connectivity index (χ3v) is 6.35. The summed E-state index contributed by atoms with van der Waals surface area (Å²) >= 11 is 0. The number of rotatable bonds is 3. The molecule has 1 aliphatic rings. The van der Waals surface area contributed by atoms with Gasteiger partial charge in [-0.1, -0.05) is 12.1 Å². The van der Waals surface area contributed by atoms with Crippen molar-refractivity contribution >= 4 is 16.9 Å².